The first kappa shape index (κ1) is 5.39. The Bertz CT molecular complexity index is 309. The lowest BCUT2D eigenvalue weighted by Gasteiger charge is -2.01. The SMILES string of the molecule is C1=CCc2ccncc2N=1. The number of hydrogen-bond donors (Lipinski definition) is 0. The highest BCUT2D eigenvalue weighted by atomic mass is 14.8. The summed E-state index contributed by atoms with van der Waals surface area (Å²) in [5.41, 5.74) is 2.18. The van der Waals surface area contributed by atoms with Gasteiger partial charge in [0.05, 0.1) is 11.9 Å². The van der Waals surface area contributed by atoms with E-state index in [1.165, 1.54) is 5.56 Å². The lowest BCUT2D eigenvalue weighted by atomic mass is 10.1. The van der Waals surface area contributed by atoms with Gasteiger partial charge in [0.15, 0.2) is 0 Å². The van der Waals surface area contributed by atoms with E-state index in [0.717, 1.165) is 12.1 Å². The third kappa shape index (κ3) is 0.751. The molecule has 1 aromatic rings. The zero-order valence-corrected chi connectivity index (χ0v) is 5.41. The summed E-state index contributed by atoms with van der Waals surface area (Å²) in [6, 6.07) is 1.98. The second-order valence-electron chi connectivity index (χ2n) is 2.15. The molecule has 2 rings (SSSR count). The summed E-state index contributed by atoms with van der Waals surface area (Å²) >= 11 is 0. The molecule has 2 heterocycles. The van der Waals surface area contributed by atoms with Crippen LogP contribution >= 0.6 is 0 Å². The molecule has 1 aromatic heterocycles. The highest BCUT2D eigenvalue weighted by Crippen LogP contribution is 2.18. The van der Waals surface area contributed by atoms with Gasteiger partial charge in [0.1, 0.15) is 0 Å². The van der Waals surface area contributed by atoms with Crippen LogP contribution in [0, 0.1) is 0 Å². The van der Waals surface area contributed by atoms with Crippen LogP contribution in [0.2, 0.25) is 0 Å². The Morgan fingerprint density at radius 1 is 1.50 bits per heavy atom. The molecule has 0 aromatic carbocycles. The Morgan fingerprint density at radius 2 is 2.50 bits per heavy atom. The number of aromatic nitrogens is 1. The van der Waals surface area contributed by atoms with E-state index in [4.69, 9.17) is 0 Å². The van der Waals surface area contributed by atoms with Crippen molar-refractivity contribution in [2.75, 3.05) is 0 Å². The normalized spacial score (nSPS) is 13.2. The van der Waals surface area contributed by atoms with E-state index in [0.29, 0.717) is 0 Å². The molecule has 48 valence electrons. The van der Waals surface area contributed by atoms with Gasteiger partial charge in [-0.15, -0.1) is 0 Å². The first-order valence-corrected chi connectivity index (χ1v) is 3.17. The van der Waals surface area contributed by atoms with Crippen molar-refractivity contribution in [2.24, 2.45) is 4.99 Å². The van der Waals surface area contributed by atoms with Crippen LogP contribution in [0.15, 0.2) is 29.5 Å². The third-order valence-corrected chi connectivity index (χ3v) is 1.49. The molecule has 10 heavy (non-hydrogen) atoms. The van der Waals surface area contributed by atoms with Crippen LogP contribution in [0.5, 0.6) is 0 Å². The van der Waals surface area contributed by atoms with Gasteiger partial charge in [-0.1, -0.05) is 0 Å². The molecule has 0 N–H and O–H groups in total. The van der Waals surface area contributed by atoms with Crippen molar-refractivity contribution in [1.82, 2.24) is 4.98 Å². The maximum Gasteiger partial charge on any atom is 0.0947 e. The summed E-state index contributed by atoms with van der Waals surface area (Å²) < 4.78 is 0. The van der Waals surface area contributed by atoms with Crippen molar-refractivity contribution in [3.05, 3.63) is 30.1 Å². The van der Waals surface area contributed by atoms with Crippen molar-refractivity contribution in [3.63, 3.8) is 0 Å². The molecule has 0 fully saturated rings. The third-order valence-electron chi connectivity index (χ3n) is 1.49. The Balaban J connectivity index is 2.63. The second kappa shape index (κ2) is 2.09. The molecule has 0 bridgehead atoms. The predicted octanol–water partition coefficient (Wildman–Crippen LogP) is 1.50. The van der Waals surface area contributed by atoms with Crippen molar-refractivity contribution < 1.29 is 0 Å². The molecule has 1 aliphatic rings. The van der Waals surface area contributed by atoms with E-state index in [1.807, 2.05) is 12.1 Å². The summed E-state index contributed by atoms with van der Waals surface area (Å²) in [4.78, 5) is 7.98. The van der Waals surface area contributed by atoms with Gasteiger partial charge >= 0.3 is 0 Å². The minimum atomic E-state index is 0.932. The summed E-state index contributed by atoms with van der Waals surface area (Å²) in [7, 11) is 0. The molecule has 0 spiro atoms. The Labute approximate surface area is 58.9 Å². The molecular weight excluding hydrogens is 124 g/mol. The number of rotatable bonds is 0. The fraction of sp³-hybridized carbons (Fsp3) is 0.125. The number of allylic oxidation sites excluding steroid dienone is 1. The predicted molar refractivity (Wildman–Crippen MR) is 39.6 cm³/mol. The van der Waals surface area contributed by atoms with Crippen molar-refractivity contribution in [1.29, 1.82) is 0 Å². The smallest absolute Gasteiger partial charge is 0.0947 e. The van der Waals surface area contributed by atoms with Gasteiger partial charge in [-0.3, -0.25) is 4.98 Å². The average molecular weight is 130 g/mol. The standard InChI is InChI=1S/C8H6N2/c1-2-7-3-5-9-6-8(7)10-4-1/h1,3,5-6H,2H2. The van der Waals surface area contributed by atoms with Gasteiger partial charge < -0.3 is 0 Å². The molecule has 0 radical (unpaired) electrons. The molecular formula is C8H6N2. The summed E-state index contributed by atoms with van der Waals surface area (Å²) in [6.07, 6.45) is 6.40. The van der Waals surface area contributed by atoms with Crippen molar-refractivity contribution in [3.8, 4) is 0 Å². The van der Waals surface area contributed by atoms with E-state index < -0.39 is 0 Å². The molecule has 0 saturated carbocycles. The van der Waals surface area contributed by atoms with E-state index in [9.17, 15) is 0 Å². The Morgan fingerprint density at radius 3 is 3.40 bits per heavy atom. The summed E-state index contributed by atoms with van der Waals surface area (Å²) in [5.74, 6) is 2.80. The highest BCUT2D eigenvalue weighted by molar-refractivity contribution is 5.64. The molecule has 2 nitrogen and oxygen atoms in total. The van der Waals surface area contributed by atoms with Gasteiger partial charge in [0.2, 0.25) is 0 Å². The Kier molecular flexibility index (Phi) is 1.12. The Hall–Kier alpha value is -1.40. The minimum Gasteiger partial charge on any atom is -0.262 e. The number of hydrogen-bond acceptors (Lipinski definition) is 2. The largest absolute Gasteiger partial charge is 0.262 e. The number of pyridine rings is 1. The number of nitrogens with zero attached hydrogens (tertiary/aromatic N) is 2. The van der Waals surface area contributed by atoms with Crippen molar-refractivity contribution in [2.45, 2.75) is 6.42 Å². The van der Waals surface area contributed by atoms with Crippen LogP contribution in [-0.2, 0) is 6.42 Å². The average Bonchev–Trinajstić information content (AvgIpc) is 2.05. The fourth-order valence-electron chi connectivity index (χ4n) is 0.959. The lowest BCUT2D eigenvalue weighted by molar-refractivity contribution is 1.19. The molecule has 0 aliphatic carbocycles. The lowest BCUT2D eigenvalue weighted by Crippen LogP contribution is -1.86. The van der Waals surface area contributed by atoms with Gasteiger partial charge in [0.25, 0.3) is 0 Å². The van der Waals surface area contributed by atoms with Gasteiger partial charge in [-0.25, -0.2) is 4.99 Å². The first-order chi connectivity index (χ1) is 4.97. The molecule has 2 heteroatoms. The van der Waals surface area contributed by atoms with E-state index in [-0.39, 0.29) is 0 Å². The number of fused-ring (bicyclic) bond motifs is 1. The van der Waals surface area contributed by atoms with Crippen LogP contribution in [0.25, 0.3) is 0 Å². The van der Waals surface area contributed by atoms with Crippen LogP contribution in [0.1, 0.15) is 5.56 Å². The molecule has 0 atom stereocenters. The second-order valence-corrected chi connectivity index (χ2v) is 2.15. The van der Waals surface area contributed by atoms with Crippen LogP contribution in [-0.4, -0.2) is 10.9 Å². The van der Waals surface area contributed by atoms with Gasteiger partial charge in [-0.2, -0.15) is 0 Å². The first-order valence-electron chi connectivity index (χ1n) is 3.17. The zero-order chi connectivity index (χ0) is 6.81. The van der Waals surface area contributed by atoms with E-state index in [2.05, 4.69) is 15.8 Å². The highest BCUT2D eigenvalue weighted by Gasteiger charge is 1.99. The van der Waals surface area contributed by atoms with Crippen LogP contribution < -0.4 is 0 Å². The maximum atomic E-state index is 4.02. The zero-order valence-electron chi connectivity index (χ0n) is 5.41. The number of aliphatic imine (C=N–C) groups is 1. The van der Waals surface area contributed by atoms with Crippen LogP contribution in [0.3, 0.4) is 0 Å². The summed E-state index contributed by atoms with van der Waals surface area (Å²) in [6.45, 7) is 0. The monoisotopic (exact) mass is 130 g/mol. The van der Waals surface area contributed by atoms with E-state index >= 15 is 0 Å². The van der Waals surface area contributed by atoms with Crippen molar-refractivity contribution >= 4 is 11.6 Å². The van der Waals surface area contributed by atoms with Crippen LogP contribution in [0.4, 0.5) is 5.69 Å². The summed E-state index contributed by atoms with van der Waals surface area (Å²) in [5, 5.41) is 0. The topological polar surface area (TPSA) is 25.2 Å². The van der Waals surface area contributed by atoms with E-state index in [1.54, 1.807) is 12.4 Å². The fourth-order valence-corrected chi connectivity index (χ4v) is 0.959. The molecule has 0 amide bonds. The van der Waals surface area contributed by atoms with Gasteiger partial charge in [0, 0.05) is 12.6 Å². The minimum absolute atomic E-state index is 0.932. The van der Waals surface area contributed by atoms with Gasteiger partial charge in [-0.05, 0) is 23.6 Å². The quantitative estimate of drug-likeness (QED) is 0.522. The molecule has 0 unspecified atom stereocenters. The molecule has 0 saturated heterocycles. The molecule has 1 aliphatic heterocycles. The maximum absolute atomic E-state index is 4.02.